The number of anilines is 8. The molecule has 4 heteroatoms. The molecule has 416 valence electrons. The van der Waals surface area contributed by atoms with Crippen LogP contribution in [0.2, 0.25) is 0 Å². The molecule has 3 aliphatic carbocycles. The molecule has 0 spiro atoms. The van der Waals surface area contributed by atoms with Crippen molar-refractivity contribution in [3.63, 3.8) is 0 Å². The van der Waals surface area contributed by atoms with Crippen molar-refractivity contribution < 1.29 is 0 Å². The number of allylic oxidation sites excluding steroid dienone is 4. The zero-order valence-corrected chi connectivity index (χ0v) is 51.2. The maximum atomic E-state index is 2.80. The Morgan fingerprint density at radius 3 is 1.65 bits per heavy atom. The van der Waals surface area contributed by atoms with Crippen molar-refractivity contribution in [2.24, 2.45) is 5.41 Å². The lowest BCUT2D eigenvalue weighted by molar-refractivity contribution is 0.245. The highest BCUT2D eigenvalue weighted by atomic mass is 15.3. The molecule has 0 amide bonds. The number of hydrogen-bond donors (Lipinski definition) is 0. The van der Waals surface area contributed by atoms with Gasteiger partial charge in [0.1, 0.15) is 0 Å². The highest BCUT2D eigenvalue weighted by molar-refractivity contribution is 7.00. The Morgan fingerprint density at radius 2 is 1.04 bits per heavy atom. The minimum atomic E-state index is -0.379. The second-order valence-corrected chi connectivity index (χ2v) is 28.7. The standard InChI is InChI=1S/C80H78BN3/c1-51-41-73-75-74(42-51)83(69-37-33-60(77(5,6)7)47-63(69)54-27-19-14-20-28-54)72-45-58-50-78(8,9)49-57(58)44-66(72)81(75)67-48-61(34-38-71(67)82(73)68-36-32-59(76(2,3)4)46-62(68)53-25-17-13-18-26-53)84-70-35-31-56(52-23-15-12-16-24-52)43-65(70)79(10)40-39-55-29-21-22-30-64(55)80(79,84)11/h12-15,17-23,25-38,41-48H,16,24,39-40,49-50H2,1-11H3. The van der Waals surface area contributed by atoms with E-state index in [4.69, 9.17) is 0 Å². The maximum Gasteiger partial charge on any atom is 0.252 e. The topological polar surface area (TPSA) is 9.72 Å². The lowest BCUT2D eigenvalue weighted by atomic mass is 9.33. The Morgan fingerprint density at radius 1 is 0.464 bits per heavy atom. The lowest BCUT2D eigenvalue weighted by Gasteiger charge is -2.51. The first kappa shape index (κ1) is 52.7. The van der Waals surface area contributed by atoms with Gasteiger partial charge in [0.05, 0.1) is 16.9 Å². The van der Waals surface area contributed by atoms with Crippen molar-refractivity contribution in [1.82, 2.24) is 0 Å². The molecule has 84 heavy (non-hydrogen) atoms. The molecule has 2 atom stereocenters. The van der Waals surface area contributed by atoms with Gasteiger partial charge in [0.25, 0.3) is 6.71 Å². The van der Waals surface area contributed by atoms with Crippen molar-refractivity contribution in [3.05, 3.63) is 250 Å². The van der Waals surface area contributed by atoms with E-state index in [-0.39, 0.29) is 33.9 Å². The summed E-state index contributed by atoms with van der Waals surface area (Å²) in [6, 6.07) is 71.9. The van der Waals surface area contributed by atoms with Gasteiger partial charge in [-0.3, -0.25) is 0 Å². The molecular weight excluding hydrogens is 1010 g/mol. The van der Waals surface area contributed by atoms with E-state index >= 15 is 0 Å². The highest BCUT2D eigenvalue weighted by Gasteiger charge is 2.60. The first-order chi connectivity index (χ1) is 40.3. The van der Waals surface area contributed by atoms with Crippen molar-refractivity contribution in [2.45, 2.75) is 136 Å². The quantitative estimate of drug-likeness (QED) is 0.154. The third-order valence-electron chi connectivity index (χ3n) is 20.7. The molecule has 0 fully saturated rings. The fourth-order valence-electron chi connectivity index (χ4n) is 16.2. The van der Waals surface area contributed by atoms with Crippen molar-refractivity contribution in [1.29, 1.82) is 0 Å². The molecule has 0 saturated carbocycles. The lowest BCUT2D eigenvalue weighted by Crippen LogP contribution is -2.61. The smallest absolute Gasteiger partial charge is 0.252 e. The molecule has 0 radical (unpaired) electrons. The molecule has 9 aromatic carbocycles. The predicted octanol–water partition coefficient (Wildman–Crippen LogP) is 19.1. The summed E-state index contributed by atoms with van der Waals surface area (Å²) in [5.41, 5.74) is 32.5. The fourth-order valence-corrected chi connectivity index (χ4v) is 16.2. The summed E-state index contributed by atoms with van der Waals surface area (Å²) in [6.45, 7) is 26.4. The van der Waals surface area contributed by atoms with Crippen LogP contribution in [-0.4, -0.2) is 6.71 Å². The Labute approximate surface area is 500 Å². The summed E-state index contributed by atoms with van der Waals surface area (Å²) >= 11 is 0. The van der Waals surface area contributed by atoms with Gasteiger partial charge in [-0.15, -0.1) is 0 Å². The number of nitrogens with zero attached hydrogens (tertiary/aromatic N) is 3. The number of fused-ring (bicyclic) bond motifs is 10. The average molecular weight is 1090 g/mol. The van der Waals surface area contributed by atoms with Crippen LogP contribution in [-0.2, 0) is 41.0 Å². The van der Waals surface area contributed by atoms with Gasteiger partial charge in [0.15, 0.2) is 0 Å². The van der Waals surface area contributed by atoms with Crippen LogP contribution in [0.1, 0.15) is 139 Å². The minimum absolute atomic E-state index is 0.0420. The van der Waals surface area contributed by atoms with E-state index in [1.807, 2.05) is 0 Å². The molecule has 0 saturated heterocycles. The van der Waals surface area contributed by atoms with Gasteiger partial charge in [-0.05, 0) is 225 Å². The van der Waals surface area contributed by atoms with Crippen LogP contribution < -0.4 is 31.1 Å². The van der Waals surface area contributed by atoms with Crippen LogP contribution in [0.15, 0.2) is 200 Å². The highest BCUT2D eigenvalue weighted by Crippen LogP contribution is 2.64. The van der Waals surface area contributed by atoms with Crippen LogP contribution >= 0.6 is 0 Å². The fraction of sp³-hybridized carbons (Fsp3) is 0.275. The van der Waals surface area contributed by atoms with Gasteiger partial charge in [0.2, 0.25) is 0 Å². The monoisotopic (exact) mass is 1090 g/mol. The van der Waals surface area contributed by atoms with Crippen LogP contribution in [0.5, 0.6) is 0 Å². The summed E-state index contributed by atoms with van der Waals surface area (Å²) in [4.78, 5) is 8.17. The van der Waals surface area contributed by atoms with E-state index < -0.39 is 0 Å². The summed E-state index contributed by atoms with van der Waals surface area (Å²) in [5, 5.41) is 0. The Bertz CT molecular complexity index is 4260. The number of benzene rings is 9. The Balaban J connectivity index is 1.04. The largest absolute Gasteiger partial charge is 0.330 e. The SMILES string of the molecule is Cc1cc2c3c(c1)N(c1ccc(C(C)(C)C)cc1-c1ccccc1)c1cc4c(cc1B3c1cc(N3c5ccc(C6=CC=CCC6)cc5C5(C)CCc6ccccc6C35C)ccc1N2c1ccc(C(C)(C)C)cc1-c1ccccc1)CC(C)(C)C4. The molecule has 15 rings (SSSR count). The molecule has 6 aliphatic rings. The molecule has 0 bridgehead atoms. The van der Waals surface area contributed by atoms with Crippen molar-refractivity contribution in [3.8, 4) is 22.3 Å². The van der Waals surface area contributed by atoms with E-state index in [9.17, 15) is 0 Å². The van der Waals surface area contributed by atoms with Crippen LogP contribution in [0.4, 0.5) is 45.5 Å². The van der Waals surface area contributed by atoms with Gasteiger partial charge in [-0.25, -0.2) is 0 Å². The van der Waals surface area contributed by atoms with Gasteiger partial charge < -0.3 is 14.7 Å². The van der Waals surface area contributed by atoms with Crippen LogP contribution in [0, 0.1) is 12.3 Å². The second-order valence-electron chi connectivity index (χ2n) is 28.7. The van der Waals surface area contributed by atoms with E-state index in [0.717, 1.165) is 38.5 Å². The summed E-state index contributed by atoms with van der Waals surface area (Å²) in [5.74, 6) is 0. The van der Waals surface area contributed by atoms with E-state index in [1.165, 1.54) is 140 Å². The van der Waals surface area contributed by atoms with Crippen molar-refractivity contribution >= 4 is 74.2 Å². The molecule has 9 aromatic rings. The third kappa shape index (κ3) is 7.98. The van der Waals surface area contributed by atoms with E-state index in [0.29, 0.717) is 0 Å². The molecule has 3 heterocycles. The van der Waals surface area contributed by atoms with Gasteiger partial charge in [0, 0.05) is 50.7 Å². The Hall–Kier alpha value is -8.08. The molecule has 3 nitrogen and oxygen atoms in total. The second kappa shape index (κ2) is 18.7. The predicted molar refractivity (Wildman–Crippen MR) is 359 cm³/mol. The molecule has 0 N–H and O–H groups in total. The maximum absolute atomic E-state index is 2.80. The van der Waals surface area contributed by atoms with E-state index in [1.54, 1.807) is 0 Å². The van der Waals surface area contributed by atoms with Crippen molar-refractivity contribution in [2.75, 3.05) is 14.7 Å². The summed E-state index contributed by atoms with van der Waals surface area (Å²) in [7, 11) is 0. The van der Waals surface area contributed by atoms with E-state index in [2.05, 4.69) is 291 Å². The summed E-state index contributed by atoms with van der Waals surface area (Å²) in [6.07, 6.45) is 13.3. The summed E-state index contributed by atoms with van der Waals surface area (Å²) < 4.78 is 0. The Kier molecular flexibility index (Phi) is 11.7. The van der Waals surface area contributed by atoms with Crippen LogP contribution in [0.3, 0.4) is 0 Å². The zero-order chi connectivity index (χ0) is 57.8. The zero-order valence-electron chi connectivity index (χ0n) is 51.2. The molecular formula is C80H78BN3. The molecule has 2 unspecified atom stereocenters. The third-order valence-corrected chi connectivity index (χ3v) is 20.7. The van der Waals surface area contributed by atoms with Gasteiger partial charge in [-0.1, -0.05) is 190 Å². The van der Waals surface area contributed by atoms with Crippen LogP contribution in [0.25, 0.3) is 27.8 Å². The normalized spacial score (nSPS) is 19.7. The number of rotatable bonds is 6. The number of aryl methyl sites for hydroxylation is 2. The first-order valence-corrected chi connectivity index (χ1v) is 31.1. The molecule has 3 aliphatic heterocycles. The molecule has 0 aromatic heterocycles. The average Bonchev–Trinajstić information content (AvgIpc) is 1.54. The van der Waals surface area contributed by atoms with Gasteiger partial charge >= 0.3 is 0 Å². The minimum Gasteiger partial charge on any atom is -0.330 e. The van der Waals surface area contributed by atoms with Gasteiger partial charge in [-0.2, -0.15) is 0 Å². The first-order valence-electron chi connectivity index (χ1n) is 31.1. The number of hydrogen-bond acceptors (Lipinski definition) is 3.